The van der Waals surface area contributed by atoms with Gasteiger partial charge in [0, 0.05) is 43.8 Å². The van der Waals surface area contributed by atoms with Crippen LogP contribution in [-0.4, -0.2) is 83.7 Å². The first-order chi connectivity index (χ1) is 21.0. The lowest BCUT2D eigenvalue weighted by Gasteiger charge is -2.38. The second-order valence-electron chi connectivity index (χ2n) is 11.2. The number of hydrogen-bond donors (Lipinski definition) is 3. The molecule has 3 aromatic carbocycles. The van der Waals surface area contributed by atoms with Gasteiger partial charge in [0.1, 0.15) is 11.9 Å². The molecular weight excluding hydrogens is 584 g/mol. The van der Waals surface area contributed by atoms with E-state index in [0.717, 1.165) is 10.8 Å². The first-order valence-corrected chi connectivity index (χ1v) is 15.7. The van der Waals surface area contributed by atoms with E-state index < -0.39 is 28.1 Å². The molecule has 232 valence electrons. The van der Waals surface area contributed by atoms with Gasteiger partial charge < -0.3 is 29.5 Å². The molecule has 12 nitrogen and oxygen atoms in total. The van der Waals surface area contributed by atoms with Gasteiger partial charge in [-0.25, -0.2) is 9.78 Å². The maximum atomic E-state index is 13.7. The lowest BCUT2D eigenvalue weighted by molar-refractivity contribution is 0.0371. The second kappa shape index (κ2) is 12.5. The van der Waals surface area contributed by atoms with Crippen molar-refractivity contribution in [2.45, 2.75) is 31.0 Å². The molecule has 0 fully saturated rings. The van der Waals surface area contributed by atoms with Crippen molar-refractivity contribution in [3.63, 3.8) is 0 Å². The highest BCUT2D eigenvalue weighted by Crippen LogP contribution is 2.31. The van der Waals surface area contributed by atoms with Crippen LogP contribution in [0.25, 0.3) is 10.8 Å². The number of aromatic nitrogens is 2. The van der Waals surface area contributed by atoms with Crippen LogP contribution >= 0.6 is 0 Å². The van der Waals surface area contributed by atoms with Gasteiger partial charge in [-0.1, -0.05) is 43.3 Å². The minimum absolute atomic E-state index is 0.131. The number of hydrogen-bond acceptors (Lipinski definition) is 7. The molecule has 4 aromatic rings. The van der Waals surface area contributed by atoms with Gasteiger partial charge in [0.15, 0.2) is 5.03 Å². The highest BCUT2D eigenvalue weighted by Gasteiger charge is 2.34. The number of nitrogens with one attached hydrogen (secondary N) is 2. The monoisotopic (exact) mass is 620 g/mol. The normalized spacial score (nSPS) is 17.7. The number of carbonyl (C=O) groups excluding carboxylic acids is 2. The molecule has 1 aliphatic heterocycles. The van der Waals surface area contributed by atoms with Crippen LogP contribution in [0.3, 0.4) is 0 Å². The van der Waals surface area contributed by atoms with Crippen molar-refractivity contribution in [3.8, 4) is 5.75 Å². The van der Waals surface area contributed by atoms with Crippen molar-refractivity contribution in [1.29, 1.82) is 0 Å². The number of sulfonamides is 1. The first-order valence-electron chi connectivity index (χ1n) is 14.2. The van der Waals surface area contributed by atoms with Crippen LogP contribution < -0.4 is 14.8 Å². The predicted octanol–water partition coefficient (Wildman–Crippen LogP) is 3.76. The molecule has 0 spiro atoms. The summed E-state index contributed by atoms with van der Waals surface area (Å²) in [5, 5.41) is 14.7. The molecular formula is C31H36N6O6S. The summed E-state index contributed by atoms with van der Waals surface area (Å²) in [5.74, 6) is -0.394. The van der Waals surface area contributed by atoms with Crippen molar-refractivity contribution < 1.29 is 27.9 Å². The van der Waals surface area contributed by atoms with Crippen LogP contribution in [0.4, 0.5) is 16.2 Å². The van der Waals surface area contributed by atoms with Crippen molar-refractivity contribution in [2.24, 2.45) is 13.0 Å². The lowest BCUT2D eigenvalue weighted by Crippen LogP contribution is -2.50. The number of rotatable bonds is 8. The van der Waals surface area contributed by atoms with Crippen molar-refractivity contribution in [1.82, 2.24) is 19.4 Å². The minimum atomic E-state index is -4.01. The molecule has 3 N–H and O–H groups in total. The maximum Gasteiger partial charge on any atom is 0.321 e. The maximum absolute atomic E-state index is 13.7. The van der Waals surface area contributed by atoms with E-state index >= 15 is 0 Å². The van der Waals surface area contributed by atoms with E-state index in [1.807, 2.05) is 49.4 Å². The molecule has 1 aromatic heterocycles. The molecule has 3 amide bonds. The summed E-state index contributed by atoms with van der Waals surface area (Å²) in [6.45, 7) is 3.83. The topological polar surface area (TPSA) is 146 Å². The molecule has 44 heavy (non-hydrogen) atoms. The van der Waals surface area contributed by atoms with Gasteiger partial charge in [-0.3, -0.25) is 9.52 Å². The van der Waals surface area contributed by atoms with Gasteiger partial charge in [0.25, 0.3) is 15.9 Å². The third-order valence-electron chi connectivity index (χ3n) is 7.71. The van der Waals surface area contributed by atoms with Gasteiger partial charge in [-0.2, -0.15) is 8.42 Å². The van der Waals surface area contributed by atoms with Crippen LogP contribution in [0.1, 0.15) is 24.2 Å². The largest absolute Gasteiger partial charge is 0.487 e. The number of benzene rings is 3. The molecule has 0 bridgehead atoms. The predicted molar refractivity (Wildman–Crippen MR) is 167 cm³/mol. The number of aliphatic hydroxyl groups excluding tert-OH is 1. The number of imidazole rings is 1. The van der Waals surface area contributed by atoms with E-state index in [4.69, 9.17) is 4.74 Å². The summed E-state index contributed by atoms with van der Waals surface area (Å²) in [7, 11) is -0.680. The Bertz CT molecular complexity index is 1790. The van der Waals surface area contributed by atoms with E-state index in [1.165, 1.54) is 40.2 Å². The highest BCUT2D eigenvalue weighted by molar-refractivity contribution is 7.92. The molecule has 0 saturated carbocycles. The summed E-state index contributed by atoms with van der Waals surface area (Å²) in [6.07, 6.45) is 2.21. The standard InChI is InChI=1S/C31H36N6O6S/c1-20-15-37(21(2)18-38)30(39)25-14-23(34-44(41,42)29-17-35(3)19-32-29)12-13-27(25)43-28(20)16-36(4)31(40)33-26-11-7-9-22-8-5-6-10-24(22)26/h5-14,17,19-21,28,34,38H,15-16,18H2,1-4H3,(H,33,40)/t20-,21-,28-/m0/s1. The average molecular weight is 621 g/mol. The number of ether oxygens (including phenoxy) is 1. The van der Waals surface area contributed by atoms with Crippen LogP contribution in [0.5, 0.6) is 5.75 Å². The lowest BCUT2D eigenvalue weighted by atomic mass is 9.99. The molecule has 1 aliphatic rings. The molecule has 0 radical (unpaired) electrons. The zero-order valence-electron chi connectivity index (χ0n) is 25.0. The summed E-state index contributed by atoms with van der Waals surface area (Å²) >= 11 is 0. The summed E-state index contributed by atoms with van der Waals surface area (Å²) in [4.78, 5) is 34.0. The number of aliphatic hydroxyl groups is 1. The Morgan fingerprint density at radius 3 is 2.66 bits per heavy atom. The van der Waals surface area contributed by atoms with Gasteiger partial charge in [0.2, 0.25) is 0 Å². The molecule has 13 heteroatoms. The SMILES string of the molecule is C[C@H]1CN([C@@H](C)CO)C(=O)c2cc(NS(=O)(=O)c3cn(C)cn3)ccc2O[C@H]1CN(C)C(=O)Nc1cccc2ccccc12. The number of urea groups is 1. The Kier molecular flexibility index (Phi) is 8.79. The second-order valence-corrected chi connectivity index (χ2v) is 12.8. The van der Waals surface area contributed by atoms with Crippen molar-refractivity contribution in [2.75, 3.05) is 36.8 Å². The van der Waals surface area contributed by atoms with E-state index in [0.29, 0.717) is 5.69 Å². The van der Waals surface area contributed by atoms with E-state index in [-0.39, 0.29) is 53.7 Å². The fraction of sp³-hybridized carbons (Fsp3) is 0.323. The van der Waals surface area contributed by atoms with Crippen molar-refractivity contribution in [3.05, 3.63) is 78.8 Å². The summed E-state index contributed by atoms with van der Waals surface area (Å²) < 4.78 is 36.2. The Labute approximate surface area is 256 Å². The Balaban J connectivity index is 1.40. The quantitative estimate of drug-likeness (QED) is 0.272. The smallest absolute Gasteiger partial charge is 0.321 e. The molecule has 3 atom stereocenters. The minimum Gasteiger partial charge on any atom is -0.487 e. The Morgan fingerprint density at radius 1 is 1.18 bits per heavy atom. The van der Waals surface area contributed by atoms with Crippen molar-refractivity contribution >= 4 is 44.1 Å². The molecule has 0 aliphatic carbocycles. The fourth-order valence-electron chi connectivity index (χ4n) is 5.14. The van der Waals surface area contributed by atoms with Gasteiger partial charge >= 0.3 is 6.03 Å². The third kappa shape index (κ3) is 6.48. The van der Waals surface area contributed by atoms with Gasteiger partial charge in [-0.05, 0) is 36.6 Å². The zero-order chi connectivity index (χ0) is 31.6. The highest BCUT2D eigenvalue weighted by atomic mass is 32.2. The molecule has 5 rings (SSSR count). The van der Waals surface area contributed by atoms with Gasteiger partial charge in [-0.15, -0.1) is 0 Å². The third-order valence-corrected chi connectivity index (χ3v) is 8.97. The van der Waals surface area contributed by atoms with Crippen LogP contribution in [0, 0.1) is 5.92 Å². The molecule has 0 unspecified atom stereocenters. The van der Waals surface area contributed by atoms with Crippen LogP contribution in [0.2, 0.25) is 0 Å². The number of likely N-dealkylation sites (N-methyl/N-ethyl adjacent to an activating group) is 1. The number of carbonyl (C=O) groups is 2. The number of fused-ring (bicyclic) bond motifs is 2. The van der Waals surface area contributed by atoms with Crippen LogP contribution in [-0.2, 0) is 17.1 Å². The average Bonchev–Trinajstić information content (AvgIpc) is 3.46. The Hall–Kier alpha value is -4.62. The number of nitrogens with zero attached hydrogens (tertiary/aromatic N) is 4. The van der Waals surface area contributed by atoms with Gasteiger partial charge in [0.05, 0.1) is 36.8 Å². The number of anilines is 2. The van der Waals surface area contributed by atoms with E-state index in [1.54, 1.807) is 25.9 Å². The summed E-state index contributed by atoms with van der Waals surface area (Å²) in [6, 6.07) is 17.1. The van der Waals surface area contributed by atoms with Crippen LogP contribution in [0.15, 0.2) is 78.2 Å². The fourth-order valence-corrected chi connectivity index (χ4v) is 6.17. The zero-order valence-corrected chi connectivity index (χ0v) is 25.8. The van der Waals surface area contributed by atoms with E-state index in [9.17, 15) is 23.1 Å². The Morgan fingerprint density at radius 2 is 1.93 bits per heavy atom. The summed E-state index contributed by atoms with van der Waals surface area (Å²) in [5.41, 5.74) is 0.970. The van der Waals surface area contributed by atoms with E-state index in [2.05, 4.69) is 15.0 Å². The number of aryl methyl sites for hydroxylation is 1. The first kappa shape index (κ1) is 30.8. The molecule has 2 heterocycles. The number of amides is 3. The molecule has 0 saturated heterocycles.